The van der Waals surface area contributed by atoms with Crippen molar-refractivity contribution in [1.29, 1.82) is 0 Å². The van der Waals surface area contributed by atoms with Crippen LogP contribution in [0.3, 0.4) is 0 Å². The topological polar surface area (TPSA) is 56.7 Å². The van der Waals surface area contributed by atoms with Crippen LogP contribution >= 0.6 is 0 Å². The van der Waals surface area contributed by atoms with E-state index in [0.717, 1.165) is 98.7 Å². The van der Waals surface area contributed by atoms with E-state index in [1.54, 1.807) is 0 Å². The van der Waals surface area contributed by atoms with Gasteiger partial charge < -0.3 is 8.98 Å². The highest BCUT2D eigenvalue weighted by Gasteiger charge is 2.23. The number of fused-ring (bicyclic) bond motifs is 6. The second-order valence-corrected chi connectivity index (χ2v) is 15.5. The molecule has 0 unspecified atom stereocenters. The summed E-state index contributed by atoms with van der Waals surface area (Å²) in [5, 5.41) is 7.82. The van der Waals surface area contributed by atoms with Crippen molar-refractivity contribution in [3.63, 3.8) is 0 Å². The van der Waals surface area contributed by atoms with Crippen LogP contribution in [0.1, 0.15) is 6.85 Å². The van der Waals surface area contributed by atoms with Crippen LogP contribution in [-0.2, 0) is 0 Å². The first-order valence-corrected chi connectivity index (χ1v) is 20.5. The Bertz CT molecular complexity index is 4120. The van der Waals surface area contributed by atoms with E-state index in [4.69, 9.17) is 26.2 Å². The molecule has 288 valence electrons. The summed E-state index contributed by atoms with van der Waals surface area (Å²) in [7, 11) is 0. The second-order valence-electron chi connectivity index (χ2n) is 15.5. The first kappa shape index (κ1) is 29.7. The minimum absolute atomic E-state index is 0.118. The largest absolute Gasteiger partial charge is 0.456 e. The summed E-state index contributed by atoms with van der Waals surface area (Å²) in [5.74, 6) is 1.64. The molecule has 10 aromatic carbocycles. The molecule has 0 aliphatic carbocycles. The van der Waals surface area contributed by atoms with Gasteiger partial charge >= 0.3 is 0 Å². The van der Waals surface area contributed by atoms with Crippen molar-refractivity contribution in [2.75, 3.05) is 0 Å². The summed E-state index contributed by atoms with van der Waals surface area (Å²) >= 11 is 0. The van der Waals surface area contributed by atoms with Crippen LogP contribution in [0.15, 0.2) is 211 Å². The molecular weight excluding hydrogens is 757 g/mol. The molecular formula is C57H34N4O. The average molecular weight is 796 g/mol. The molecule has 5 nitrogen and oxygen atoms in total. The lowest BCUT2D eigenvalue weighted by molar-refractivity contribution is 0.669. The maximum Gasteiger partial charge on any atom is 0.164 e. The highest BCUT2D eigenvalue weighted by molar-refractivity contribution is 6.36. The molecule has 3 aromatic heterocycles. The highest BCUT2D eigenvalue weighted by Crippen LogP contribution is 2.48. The molecule has 0 fully saturated rings. The van der Waals surface area contributed by atoms with Crippen LogP contribution in [-0.4, -0.2) is 19.5 Å². The molecule has 5 heteroatoms. The van der Waals surface area contributed by atoms with Crippen molar-refractivity contribution in [1.82, 2.24) is 19.5 Å². The fraction of sp³-hybridized carbons (Fsp3) is 0. The van der Waals surface area contributed by atoms with Gasteiger partial charge in [0.1, 0.15) is 11.2 Å². The summed E-state index contributed by atoms with van der Waals surface area (Å²) in [4.78, 5) is 15.3. The van der Waals surface area contributed by atoms with E-state index < -0.39 is 6.04 Å². The zero-order valence-corrected chi connectivity index (χ0v) is 32.9. The van der Waals surface area contributed by atoms with Crippen LogP contribution in [0.4, 0.5) is 0 Å². The minimum atomic E-state index is -0.424. The summed E-state index contributed by atoms with van der Waals surface area (Å²) in [6.07, 6.45) is 0. The normalized spacial score (nSPS) is 13.0. The third kappa shape index (κ3) is 5.25. The highest BCUT2D eigenvalue weighted by atomic mass is 16.3. The molecule has 0 amide bonds. The monoisotopic (exact) mass is 795 g/mol. The quantitative estimate of drug-likeness (QED) is 0.157. The third-order valence-corrected chi connectivity index (χ3v) is 12.1. The van der Waals surface area contributed by atoms with Gasteiger partial charge in [0.25, 0.3) is 0 Å². The lowest BCUT2D eigenvalue weighted by atomic mass is 9.89. The van der Waals surface area contributed by atoms with Crippen molar-refractivity contribution in [3.05, 3.63) is 206 Å². The van der Waals surface area contributed by atoms with Gasteiger partial charge in [-0.3, -0.25) is 0 Å². The molecule has 0 aliphatic heterocycles. The molecule has 0 saturated heterocycles. The molecule has 13 rings (SSSR count). The Balaban J connectivity index is 1.04. The number of hydrogen-bond donors (Lipinski definition) is 0. The Hall–Kier alpha value is -8.41. The number of rotatable bonds is 6. The van der Waals surface area contributed by atoms with Crippen molar-refractivity contribution in [2.24, 2.45) is 0 Å². The van der Waals surface area contributed by atoms with Gasteiger partial charge in [0.15, 0.2) is 17.5 Å². The summed E-state index contributed by atoms with van der Waals surface area (Å²) < 4.78 is 52.0. The number of benzene rings is 10. The predicted molar refractivity (Wildman–Crippen MR) is 255 cm³/mol. The maximum absolute atomic E-state index is 9.03. The fourth-order valence-corrected chi connectivity index (χ4v) is 9.39. The number of para-hydroxylation sites is 1. The molecule has 0 spiro atoms. The molecule has 3 heterocycles. The van der Waals surface area contributed by atoms with Crippen molar-refractivity contribution in [2.45, 2.75) is 0 Å². The van der Waals surface area contributed by atoms with E-state index in [1.165, 1.54) is 0 Å². The lowest BCUT2D eigenvalue weighted by Gasteiger charge is -2.13. The SMILES string of the molecule is [2H]c1c([2H])c([2H])c(-n2c3cccc4c5ccccc5c5c(-c6ccc7oc8cccc(-c9nc(-c%10ccccc%10)nc(-c%10ccc(-c%11ccccc%11)cc%10)n9)c8c7c6)ccc2c5c43)c([2H])c1[2H]. The Morgan fingerprint density at radius 2 is 0.968 bits per heavy atom. The summed E-state index contributed by atoms with van der Waals surface area (Å²) in [6, 6.07) is 57.6. The van der Waals surface area contributed by atoms with Gasteiger partial charge in [-0.15, -0.1) is 0 Å². The van der Waals surface area contributed by atoms with Crippen LogP contribution in [0.25, 0.3) is 127 Å². The van der Waals surface area contributed by atoms with Gasteiger partial charge in [-0.05, 0) is 80.8 Å². The smallest absolute Gasteiger partial charge is 0.164 e. The lowest BCUT2D eigenvalue weighted by Crippen LogP contribution is -2.00. The standard InChI is InChI=1S/C57H34N4O/c1-4-14-35(15-5-1)36-26-28-38(29-27-36)56-58-55(37-16-6-2-7-17-37)59-57(60-56)45-23-13-25-50-51(45)46-34-39(30-33-49(46)62-50)41-31-32-48-54-52(41)43-21-11-10-20-42(43)44-22-12-24-47(53(44)54)61(48)40-18-8-3-9-19-40/h1-34H/i3D,8D,9D,18D,19D. The number of hydrogen-bond acceptors (Lipinski definition) is 4. The minimum Gasteiger partial charge on any atom is -0.456 e. The van der Waals surface area contributed by atoms with Gasteiger partial charge in [-0.1, -0.05) is 164 Å². The third-order valence-electron chi connectivity index (χ3n) is 12.1. The van der Waals surface area contributed by atoms with E-state index >= 15 is 0 Å². The van der Waals surface area contributed by atoms with Crippen molar-refractivity contribution in [3.8, 4) is 62.1 Å². The molecule has 0 radical (unpaired) electrons. The number of nitrogens with zero attached hydrogens (tertiary/aromatic N) is 4. The molecule has 13 aromatic rings. The van der Waals surface area contributed by atoms with E-state index in [9.17, 15) is 0 Å². The van der Waals surface area contributed by atoms with E-state index in [1.807, 2.05) is 108 Å². The number of furan rings is 1. The van der Waals surface area contributed by atoms with Gasteiger partial charge in [-0.25, -0.2) is 15.0 Å². The zero-order chi connectivity index (χ0) is 45.1. The molecule has 0 aliphatic rings. The van der Waals surface area contributed by atoms with E-state index in [-0.39, 0.29) is 29.9 Å². The molecule has 0 saturated carbocycles. The van der Waals surface area contributed by atoms with Gasteiger partial charge in [-0.2, -0.15) is 0 Å². The second kappa shape index (κ2) is 13.6. The van der Waals surface area contributed by atoms with Gasteiger partial charge in [0.05, 0.1) is 17.9 Å². The Labute approximate surface area is 363 Å². The first-order valence-electron chi connectivity index (χ1n) is 23.0. The van der Waals surface area contributed by atoms with Crippen LogP contribution < -0.4 is 0 Å². The van der Waals surface area contributed by atoms with Gasteiger partial charge in [0, 0.05) is 49.3 Å². The fourth-order valence-electron chi connectivity index (χ4n) is 9.39. The first-order chi connectivity index (χ1) is 32.8. The average Bonchev–Trinajstić information content (AvgIpc) is 3.93. The zero-order valence-electron chi connectivity index (χ0n) is 37.9. The van der Waals surface area contributed by atoms with Crippen LogP contribution in [0.5, 0.6) is 0 Å². The Morgan fingerprint density at radius 1 is 0.371 bits per heavy atom. The Morgan fingerprint density at radius 3 is 1.76 bits per heavy atom. The molecule has 0 bridgehead atoms. The summed E-state index contributed by atoms with van der Waals surface area (Å²) in [6.45, 7) is 0. The van der Waals surface area contributed by atoms with Crippen molar-refractivity contribution >= 4 is 65.3 Å². The van der Waals surface area contributed by atoms with Crippen molar-refractivity contribution < 1.29 is 11.3 Å². The predicted octanol–water partition coefficient (Wildman–Crippen LogP) is 14.9. The maximum atomic E-state index is 9.03. The summed E-state index contributed by atoms with van der Waals surface area (Å²) in [5.41, 5.74) is 9.78. The molecule has 0 atom stereocenters. The Kier molecular flexibility index (Phi) is 6.51. The van der Waals surface area contributed by atoms with Crippen LogP contribution in [0, 0.1) is 0 Å². The molecule has 0 N–H and O–H groups in total. The van der Waals surface area contributed by atoms with E-state index in [0.29, 0.717) is 23.1 Å². The van der Waals surface area contributed by atoms with Gasteiger partial charge in [0.2, 0.25) is 0 Å². The van der Waals surface area contributed by atoms with E-state index in [2.05, 4.69) is 72.8 Å². The number of aromatic nitrogens is 4. The van der Waals surface area contributed by atoms with Crippen LogP contribution in [0.2, 0.25) is 0 Å². The molecule has 62 heavy (non-hydrogen) atoms.